The first-order chi connectivity index (χ1) is 7.61. The molecule has 0 radical (unpaired) electrons. The second-order valence-electron chi connectivity index (χ2n) is 2.90. The molecule has 0 fully saturated rings. The first-order valence-corrected chi connectivity index (χ1v) is 6.09. The predicted octanol–water partition coefficient (Wildman–Crippen LogP) is -1.03. The number of imide groups is 1. The molecule has 0 aromatic heterocycles. The van der Waals surface area contributed by atoms with Crippen LogP contribution >= 0.6 is 0 Å². The third-order valence-corrected chi connectivity index (χ3v) is 2.76. The first kappa shape index (κ1) is 12.4. The number of carbonyl (C=O) groups is 2. The van der Waals surface area contributed by atoms with E-state index in [1.165, 1.54) is 0 Å². The van der Waals surface area contributed by atoms with Gasteiger partial charge in [0.1, 0.15) is 0 Å². The molecule has 0 spiro atoms. The molecule has 0 bridgehead atoms. The maximum atomic E-state index is 11.0. The van der Waals surface area contributed by atoms with Crippen molar-refractivity contribution in [2.75, 3.05) is 11.9 Å². The van der Waals surface area contributed by atoms with E-state index < -0.39 is 27.6 Å². The van der Waals surface area contributed by atoms with Gasteiger partial charge in [0.05, 0.1) is 0 Å². The van der Waals surface area contributed by atoms with Gasteiger partial charge in [-0.25, -0.2) is 0 Å². The van der Waals surface area contributed by atoms with E-state index in [9.17, 15) is 13.3 Å². The SMILES string of the molecule is NC(=O)NC(=O)CNc1ccc([As]=O)cc1. The fourth-order valence-electron chi connectivity index (χ4n) is 1.00. The van der Waals surface area contributed by atoms with Crippen LogP contribution in [0.4, 0.5) is 10.5 Å². The summed E-state index contributed by atoms with van der Waals surface area (Å²) in [7, 11) is 0. The Balaban J connectivity index is 2.45. The number of anilines is 1. The number of nitrogens with one attached hydrogen (secondary N) is 2. The van der Waals surface area contributed by atoms with Crippen LogP contribution in [0.1, 0.15) is 0 Å². The molecule has 0 heterocycles. The van der Waals surface area contributed by atoms with Gasteiger partial charge in [0.2, 0.25) is 0 Å². The standard InChI is InChI=1S/C9H10AsN3O3/c11-9(15)13-8(14)5-12-7-3-1-6(10-16)2-4-7/h1-4,12H,5H2,(H3,11,13,14,15). The summed E-state index contributed by atoms with van der Waals surface area (Å²) in [5.74, 6) is -0.508. The van der Waals surface area contributed by atoms with E-state index in [4.69, 9.17) is 5.73 Å². The Kier molecular flexibility index (Phi) is 4.66. The van der Waals surface area contributed by atoms with Gasteiger partial charge in [-0.3, -0.25) is 0 Å². The van der Waals surface area contributed by atoms with Crippen molar-refractivity contribution in [1.82, 2.24) is 5.32 Å². The predicted molar refractivity (Wildman–Crippen MR) is 58.7 cm³/mol. The summed E-state index contributed by atoms with van der Waals surface area (Å²) in [6.07, 6.45) is 0. The van der Waals surface area contributed by atoms with Crippen molar-refractivity contribution >= 4 is 37.7 Å². The van der Waals surface area contributed by atoms with Gasteiger partial charge in [-0.05, 0) is 0 Å². The zero-order valence-electron chi connectivity index (χ0n) is 8.27. The Morgan fingerprint density at radius 1 is 1.25 bits per heavy atom. The molecule has 7 heteroatoms. The minimum absolute atomic E-state index is 0.0482. The normalized spacial score (nSPS) is 9.75. The number of rotatable bonds is 4. The molecule has 1 aromatic rings. The number of hydrogen-bond donors (Lipinski definition) is 3. The average Bonchev–Trinajstić information content (AvgIpc) is 2.26. The number of hydrogen-bond acceptors (Lipinski definition) is 4. The molecule has 0 unspecified atom stereocenters. The van der Waals surface area contributed by atoms with Gasteiger partial charge in [-0.2, -0.15) is 0 Å². The molecule has 0 aliphatic rings. The topological polar surface area (TPSA) is 101 Å². The van der Waals surface area contributed by atoms with E-state index >= 15 is 0 Å². The quantitative estimate of drug-likeness (QED) is 0.615. The van der Waals surface area contributed by atoms with Gasteiger partial charge < -0.3 is 0 Å². The van der Waals surface area contributed by atoms with Gasteiger partial charge in [0.25, 0.3) is 0 Å². The van der Waals surface area contributed by atoms with Crippen molar-refractivity contribution in [3.8, 4) is 0 Å². The summed E-state index contributed by atoms with van der Waals surface area (Å²) in [4.78, 5) is 21.4. The Labute approximate surface area is 98.5 Å². The molecule has 16 heavy (non-hydrogen) atoms. The van der Waals surface area contributed by atoms with E-state index in [0.717, 1.165) is 4.35 Å². The molecule has 4 N–H and O–H groups in total. The molecule has 0 saturated heterocycles. The number of primary amides is 1. The number of urea groups is 1. The zero-order chi connectivity index (χ0) is 12.0. The summed E-state index contributed by atoms with van der Waals surface area (Å²) in [5.41, 5.74) is 5.48. The third kappa shape index (κ3) is 4.23. The molecule has 0 aliphatic heterocycles. The van der Waals surface area contributed by atoms with Crippen molar-refractivity contribution in [2.24, 2.45) is 5.73 Å². The van der Waals surface area contributed by atoms with Crippen LogP contribution in [0.15, 0.2) is 24.3 Å². The Morgan fingerprint density at radius 2 is 1.88 bits per heavy atom. The van der Waals surface area contributed by atoms with E-state index in [0.29, 0.717) is 5.69 Å². The molecule has 0 saturated carbocycles. The zero-order valence-corrected chi connectivity index (χ0v) is 10.1. The fraction of sp³-hybridized carbons (Fsp3) is 0.111. The molecule has 1 rings (SSSR count). The van der Waals surface area contributed by atoms with Crippen LogP contribution < -0.4 is 20.7 Å². The van der Waals surface area contributed by atoms with E-state index in [2.05, 4.69) is 5.32 Å². The van der Waals surface area contributed by atoms with Crippen LogP contribution in [0, 0.1) is 0 Å². The maximum absolute atomic E-state index is 11.0. The second kappa shape index (κ2) is 6.02. The van der Waals surface area contributed by atoms with Gasteiger partial charge in [-0.15, -0.1) is 0 Å². The molecule has 6 nitrogen and oxygen atoms in total. The molecule has 84 valence electrons. The Bertz CT molecular complexity index is 405. The fourth-order valence-corrected chi connectivity index (χ4v) is 1.57. The van der Waals surface area contributed by atoms with Crippen molar-refractivity contribution in [1.29, 1.82) is 0 Å². The molecule has 0 aliphatic carbocycles. The van der Waals surface area contributed by atoms with Crippen molar-refractivity contribution in [3.63, 3.8) is 0 Å². The third-order valence-electron chi connectivity index (χ3n) is 1.69. The first-order valence-electron chi connectivity index (χ1n) is 4.38. The van der Waals surface area contributed by atoms with Crippen LogP contribution in [0.5, 0.6) is 0 Å². The van der Waals surface area contributed by atoms with Gasteiger partial charge in [-0.1, -0.05) is 0 Å². The van der Waals surface area contributed by atoms with E-state index in [1.807, 2.05) is 5.32 Å². The number of amides is 3. The summed E-state index contributed by atoms with van der Waals surface area (Å²) >= 11 is -1.03. The van der Waals surface area contributed by atoms with Gasteiger partial charge in [0.15, 0.2) is 0 Å². The average molecular weight is 283 g/mol. The summed E-state index contributed by atoms with van der Waals surface area (Å²) in [6.45, 7) is -0.0482. The van der Waals surface area contributed by atoms with Crippen molar-refractivity contribution in [2.45, 2.75) is 0 Å². The van der Waals surface area contributed by atoms with E-state index in [-0.39, 0.29) is 6.54 Å². The monoisotopic (exact) mass is 283 g/mol. The van der Waals surface area contributed by atoms with Crippen LogP contribution in [-0.4, -0.2) is 34.2 Å². The molecular formula is C9H10AsN3O3. The molecule has 0 atom stereocenters. The Hall–Kier alpha value is -1.68. The van der Waals surface area contributed by atoms with Crippen LogP contribution in [0.3, 0.4) is 0 Å². The number of nitrogens with two attached hydrogens (primary N) is 1. The summed E-state index contributed by atoms with van der Waals surface area (Å²) < 4.78 is 11.4. The van der Waals surface area contributed by atoms with Gasteiger partial charge >= 0.3 is 98.2 Å². The molecule has 1 aromatic carbocycles. The van der Waals surface area contributed by atoms with Crippen molar-refractivity contribution in [3.05, 3.63) is 24.3 Å². The van der Waals surface area contributed by atoms with Crippen molar-refractivity contribution < 1.29 is 13.3 Å². The van der Waals surface area contributed by atoms with Crippen LogP contribution in [0.25, 0.3) is 0 Å². The number of benzene rings is 1. The molecule has 3 amide bonds. The summed E-state index contributed by atoms with van der Waals surface area (Å²) in [6, 6.07) is 5.96. The minimum atomic E-state index is -1.03. The second-order valence-corrected chi connectivity index (χ2v) is 4.37. The number of carbonyl (C=O) groups excluding carboxylic acids is 2. The summed E-state index contributed by atoms with van der Waals surface area (Å²) in [5, 5.41) is 4.72. The van der Waals surface area contributed by atoms with E-state index in [1.54, 1.807) is 24.3 Å². The van der Waals surface area contributed by atoms with Crippen LogP contribution in [0.2, 0.25) is 0 Å². The van der Waals surface area contributed by atoms with Crippen LogP contribution in [-0.2, 0) is 8.53 Å². The molecular weight excluding hydrogens is 273 g/mol. The van der Waals surface area contributed by atoms with Gasteiger partial charge in [0, 0.05) is 0 Å². The Morgan fingerprint density at radius 3 is 2.38 bits per heavy atom.